The summed E-state index contributed by atoms with van der Waals surface area (Å²) in [4.78, 5) is 55.3. The topological polar surface area (TPSA) is 136 Å². The number of carbonyl (C=O) groups excluding carboxylic acids is 4. The van der Waals surface area contributed by atoms with Gasteiger partial charge in [-0.1, -0.05) is 36.4 Å². The molecule has 2 saturated heterocycles. The van der Waals surface area contributed by atoms with Gasteiger partial charge in [-0.25, -0.2) is 4.79 Å². The molecular weight excluding hydrogens is 612 g/mol. The molecule has 12 heteroatoms. The molecule has 0 radical (unpaired) electrons. The van der Waals surface area contributed by atoms with E-state index < -0.39 is 41.7 Å². The van der Waals surface area contributed by atoms with Gasteiger partial charge < -0.3 is 42.1 Å². The average molecular weight is 649 g/mol. The van der Waals surface area contributed by atoms with E-state index >= 15 is 0 Å². The Kier molecular flexibility index (Phi) is 9.66. The molecular formula is C34H37ClN4O7. The monoisotopic (exact) mass is 648 g/mol. The molecule has 1 atom stereocenters. The number of hydrogen-bond acceptors (Lipinski definition) is 9. The molecule has 3 aromatic carbocycles. The van der Waals surface area contributed by atoms with E-state index in [1.54, 1.807) is 12.1 Å². The van der Waals surface area contributed by atoms with Crippen LogP contribution < -0.4 is 22.6 Å². The smallest absolute Gasteiger partial charge is 0.329 e. The zero-order chi connectivity index (χ0) is 31.7. The Bertz CT molecular complexity index is 1640. The molecule has 6 rings (SSSR count). The Balaban J connectivity index is 0.00000417. The Morgan fingerprint density at radius 2 is 1.52 bits per heavy atom. The van der Waals surface area contributed by atoms with E-state index in [-0.39, 0.29) is 46.6 Å². The fourth-order valence-electron chi connectivity index (χ4n) is 6.63. The van der Waals surface area contributed by atoms with Crippen LogP contribution in [0.4, 0.5) is 5.69 Å². The number of piperazine rings is 2. The molecule has 2 aliphatic heterocycles. The number of nitrogens with one attached hydrogen (secondary N) is 1. The SMILES string of the molecule is CN1CC[N+]2(CC1)CCN(c1ccc(CC(NC=O)C(=O)OCc3cc(O)c4c(c3O)C(=O)c3ccccc3C4=O)cc1)CC2.[Cl-]. The van der Waals surface area contributed by atoms with Crippen molar-refractivity contribution in [1.29, 1.82) is 0 Å². The van der Waals surface area contributed by atoms with Gasteiger partial charge in [0.05, 0.1) is 50.4 Å². The van der Waals surface area contributed by atoms with Crippen LogP contribution in [0.1, 0.15) is 43.0 Å². The van der Waals surface area contributed by atoms with E-state index in [4.69, 9.17) is 4.74 Å². The fourth-order valence-corrected chi connectivity index (χ4v) is 6.63. The molecule has 1 amide bonds. The minimum atomic E-state index is -1.01. The molecule has 1 spiro atoms. The number of likely N-dealkylation sites (N-methyl/N-ethyl adjacent to an activating group) is 1. The summed E-state index contributed by atoms with van der Waals surface area (Å²) in [6.07, 6.45) is 0.603. The summed E-state index contributed by atoms with van der Waals surface area (Å²) in [7, 11) is 2.18. The van der Waals surface area contributed by atoms with E-state index in [9.17, 15) is 29.4 Å². The van der Waals surface area contributed by atoms with Crippen molar-refractivity contribution < 1.29 is 51.0 Å². The van der Waals surface area contributed by atoms with Gasteiger partial charge >= 0.3 is 5.97 Å². The van der Waals surface area contributed by atoms with Gasteiger partial charge in [0, 0.05) is 41.9 Å². The summed E-state index contributed by atoms with van der Waals surface area (Å²) >= 11 is 0. The van der Waals surface area contributed by atoms with Gasteiger partial charge in [-0.2, -0.15) is 0 Å². The molecule has 1 unspecified atom stereocenters. The van der Waals surface area contributed by atoms with Crippen LogP contribution in [0.25, 0.3) is 0 Å². The second-order valence-corrected chi connectivity index (χ2v) is 12.2. The summed E-state index contributed by atoms with van der Waals surface area (Å²) in [6.45, 7) is 8.41. The van der Waals surface area contributed by atoms with Gasteiger partial charge in [0.2, 0.25) is 6.41 Å². The number of phenolic OH excluding ortho intramolecular Hbond substituents is 2. The van der Waals surface area contributed by atoms with Gasteiger partial charge in [-0.3, -0.25) is 19.3 Å². The maximum atomic E-state index is 13.1. The Hall–Kier alpha value is -4.45. The van der Waals surface area contributed by atoms with Crippen LogP contribution in [0, 0.1) is 0 Å². The number of halogens is 1. The molecule has 242 valence electrons. The maximum Gasteiger partial charge on any atom is 0.329 e. The van der Waals surface area contributed by atoms with Crippen LogP contribution in [0.2, 0.25) is 0 Å². The summed E-state index contributed by atoms with van der Waals surface area (Å²) in [5.41, 5.74) is 1.52. The highest BCUT2D eigenvalue weighted by Gasteiger charge is 2.37. The van der Waals surface area contributed by atoms with Gasteiger partial charge in [-0.05, 0) is 30.8 Å². The third kappa shape index (κ3) is 6.31. The molecule has 3 aliphatic rings. The van der Waals surface area contributed by atoms with E-state index in [1.165, 1.54) is 29.7 Å². The van der Waals surface area contributed by atoms with Crippen molar-refractivity contribution >= 4 is 29.6 Å². The van der Waals surface area contributed by atoms with Crippen LogP contribution in [0.3, 0.4) is 0 Å². The Morgan fingerprint density at radius 1 is 0.935 bits per heavy atom. The van der Waals surface area contributed by atoms with Gasteiger partial charge in [0.1, 0.15) is 24.1 Å². The summed E-state index contributed by atoms with van der Waals surface area (Å²) in [6, 6.07) is 14.2. The quantitative estimate of drug-likeness (QED) is 0.0938. The minimum Gasteiger partial charge on any atom is -1.00 e. The minimum absolute atomic E-state index is 0. The third-order valence-corrected chi connectivity index (χ3v) is 9.49. The van der Waals surface area contributed by atoms with E-state index in [1.807, 2.05) is 24.3 Å². The number of fused-ring (bicyclic) bond motifs is 2. The number of hydrogen-bond donors (Lipinski definition) is 3. The molecule has 3 N–H and O–H groups in total. The zero-order valence-electron chi connectivity index (χ0n) is 25.6. The standard InChI is InChI=1S/C34H36N4O7.ClH/c1-36-10-14-38(15-11-36)16-12-37(13-17-38)24-8-6-22(7-9-24)18-27(35-21-39)34(44)45-20-23-19-28(40)29-30(31(23)41)33(43)26-5-3-2-4-25(26)32(29)42;/h2-9,19,21,27H,10-18,20H2,1H3,(H2-,35,39,40,41,42,43);1H. The predicted octanol–water partition coefficient (Wildman–Crippen LogP) is -1.14. The number of phenols is 2. The van der Waals surface area contributed by atoms with Crippen molar-refractivity contribution in [2.24, 2.45) is 0 Å². The highest BCUT2D eigenvalue weighted by Crippen LogP contribution is 2.40. The van der Waals surface area contributed by atoms with Gasteiger partial charge in [0.15, 0.2) is 11.6 Å². The molecule has 3 aromatic rings. The van der Waals surface area contributed by atoms with Crippen LogP contribution >= 0.6 is 0 Å². The molecule has 11 nitrogen and oxygen atoms in total. The highest BCUT2D eigenvalue weighted by atomic mass is 35.5. The molecule has 2 fully saturated rings. The number of esters is 1. The lowest BCUT2D eigenvalue weighted by molar-refractivity contribution is -0.932. The number of amides is 1. The number of rotatable bonds is 8. The lowest BCUT2D eigenvalue weighted by atomic mass is 9.82. The van der Waals surface area contributed by atoms with Gasteiger partial charge in [0.25, 0.3) is 0 Å². The van der Waals surface area contributed by atoms with Crippen LogP contribution in [-0.2, 0) is 27.4 Å². The van der Waals surface area contributed by atoms with E-state index in [2.05, 4.69) is 22.2 Å². The van der Waals surface area contributed by atoms with Crippen molar-refractivity contribution in [2.75, 3.05) is 64.3 Å². The number of aromatic hydroxyl groups is 2. The number of ether oxygens (including phenoxy) is 1. The van der Waals surface area contributed by atoms with Crippen molar-refractivity contribution in [3.63, 3.8) is 0 Å². The summed E-state index contributed by atoms with van der Waals surface area (Å²) in [5, 5.41) is 24.1. The molecule has 2 heterocycles. The summed E-state index contributed by atoms with van der Waals surface area (Å²) < 4.78 is 6.60. The van der Waals surface area contributed by atoms with E-state index in [0.29, 0.717) is 6.41 Å². The maximum absolute atomic E-state index is 13.1. The largest absolute Gasteiger partial charge is 1.00 e. The second-order valence-electron chi connectivity index (χ2n) is 12.2. The van der Waals surface area contributed by atoms with Crippen LogP contribution in [-0.4, -0.2) is 109 Å². The number of benzene rings is 3. The Labute approximate surface area is 273 Å². The zero-order valence-corrected chi connectivity index (χ0v) is 26.3. The fraction of sp³-hybridized carbons (Fsp3) is 0.353. The third-order valence-electron chi connectivity index (χ3n) is 9.49. The first-order chi connectivity index (χ1) is 21.7. The number of ketones is 2. The lowest BCUT2D eigenvalue weighted by Gasteiger charge is -2.49. The molecule has 0 aromatic heterocycles. The predicted molar refractivity (Wildman–Crippen MR) is 165 cm³/mol. The number of carbonyl (C=O) groups is 4. The lowest BCUT2D eigenvalue weighted by Crippen LogP contribution is -3.00. The number of anilines is 1. The van der Waals surface area contributed by atoms with Crippen molar-refractivity contribution in [2.45, 2.75) is 19.1 Å². The second kappa shape index (κ2) is 13.5. The highest BCUT2D eigenvalue weighted by molar-refractivity contribution is 6.30. The number of nitrogens with zero attached hydrogens (tertiary/aromatic N) is 3. The first kappa shape index (κ1) is 32.9. The number of quaternary nitrogens is 1. The first-order valence-corrected chi connectivity index (χ1v) is 15.2. The molecule has 0 saturated carbocycles. The van der Waals surface area contributed by atoms with Crippen molar-refractivity contribution in [3.05, 3.63) is 88.0 Å². The Morgan fingerprint density at radius 3 is 2.13 bits per heavy atom. The van der Waals surface area contributed by atoms with E-state index in [0.717, 1.165) is 56.6 Å². The van der Waals surface area contributed by atoms with Gasteiger partial charge in [-0.15, -0.1) is 0 Å². The first-order valence-electron chi connectivity index (χ1n) is 15.2. The average Bonchev–Trinajstić information content (AvgIpc) is 3.05. The molecule has 1 aliphatic carbocycles. The van der Waals surface area contributed by atoms with Crippen molar-refractivity contribution in [1.82, 2.24) is 10.2 Å². The normalized spacial score (nSPS) is 17.8. The molecule has 46 heavy (non-hydrogen) atoms. The van der Waals surface area contributed by atoms with Crippen LogP contribution in [0.5, 0.6) is 11.5 Å². The molecule has 0 bridgehead atoms. The van der Waals surface area contributed by atoms with Crippen LogP contribution in [0.15, 0.2) is 54.6 Å². The summed E-state index contributed by atoms with van der Waals surface area (Å²) in [5.74, 6) is -3.00. The van der Waals surface area contributed by atoms with Crippen molar-refractivity contribution in [3.8, 4) is 11.5 Å².